The Hall–Kier alpha value is -2.57. The van der Waals surface area contributed by atoms with Gasteiger partial charge in [-0.3, -0.25) is 14.4 Å². The monoisotopic (exact) mass is 246 g/mol. The molecule has 2 N–H and O–H groups in total. The van der Waals surface area contributed by atoms with Crippen LogP contribution < -0.4 is 5.73 Å². The molecule has 2 amide bonds. The van der Waals surface area contributed by atoms with Gasteiger partial charge in [0.15, 0.2) is 0 Å². The van der Waals surface area contributed by atoms with Crippen LogP contribution in [0.15, 0.2) is 34.6 Å². The molecule has 0 aromatic heterocycles. The van der Waals surface area contributed by atoms with E-state index in [1.165, 1.54) is 0 Å². The van der Waals surface area contributed by atoms with Gasteiger partial charge in [-0.05, 0) is 17.7 Å². The van der Waals surface area contributed by atoms with Crippen molar-refractivity contribution in [3.8, 4) is 0 Å². The van der Waals surface area contributed by atoms with E-state index in [-0.39, 0.29) is 13.1 Å². The largest absolute Gasteiger partial charge is 0.366 e. The van der Waals surface area contributed by atoms with E-state index >= 15 is 0 Å². The van der Waals surface area contributed by atoms with E-state index in [1.54, 1.807) is 24.3 Å². The van der Waals surface area contributed by atoms with Gasteiger partial charge in [-0.1, -0.05) is 17.4 Å². The Bertz CT molecular complexity index is 536. The fraction of sp³-hybridized carbons (Fsp3) is 0.182. The molecule has 0 saturated heterocycles. The maximum absolute atomic E-state index is 11.5. The molecule has 0 bridgehead atoms. The lowest BCUT2D eigenvalue weighted by Crippen LogP contribution is -2.36. The van der Waals surface area contributed by atoms with Crippen LogP contribution in [0.2, 0.25) is 0 Å². The molecule has 7 heteroatoms. The molecule has 0 radical (unpaired) electrons. The van der Waals surface area contributed by atoms with Crippen molar-refractivity contribution in [2.45, 2.75) is 6.54 Å². The fourth-order valence-electron chi connectivity index (χ4n) is 1.48. The number of primary amides is 1. The van der Waals surface area contributed by atoms with E-state index in [1.807, 2.05) is 0 Å². The molecular weight excluding hydrogens is 236 g/mol. The van der Waals surface area contributed by atoms with Crippen molar-refractivity contribution in [2.24, 2.45) is 16.1 Å². The van der Waals surface area contributed by atoms with Crippen LogP contribution in [0.1, 0.15) is 15.9 Å². The second kappa shape index (κ2) is 4.74. The van der Waals surface area contributed by atoms with Crippen LogP contribution in [0.3, 0.4) is 0 Å². The van der Waals surface area contributed by atoms with Crippen molar-refractivity contribution in [1.82, 2.24) is 5.01 Å². The number of nitrogens with two attached hydrogens (primary N) is 1. The summed E-state index contributed by atoms with van der Waals surface area (Å²) in [5.41, 5.74) is 6.21. The summed E-state index contributed by atoms with van der Waals surface area (Å²) in [5.74, 6) is -1.78. The molecule has 1 aliphatic rings. The number of hydrogen-bond donors (Lipinski definition) is 1. The van der Waals surface area contributed by atoms with Gasteiger partial charge in [0.2, 0.25) is 11.7 Å². The number of Topliss-reactive ketones (excluding diaryl/α,β-unsaturated/α-hetero) is 1. The van der Waals surface area contributed by atoms with Crippen molar-refractivity contribution in [2.75, 3.05) is 6.54 Å². The van der Waals surface area contributed by atoms with E-state index in [9.17, 15) is 14.4 Å². The highest BCUT2D eigenvalue weighted by Gasteiger charge is 2.25. The van der Waals surface area contributed by atoms with Crippen LogP contribution >= 0.6 is 0 Å². The number of benzene rings is 1. The number of carbonyl (C=O) groups excluding carboxylic acids is 3. The van der Waals surface area contributed by atoms with Crippen molar-refractivity contribution < 1.29 is 14.4 Å². The third-order valence-electron chi connectivity index (χ3n) is 2.43. The van der Waals surface area contributed by atoms with Crippen LogP contribution in [-0.4, -0.2) is 29.2 Å². The standard InChI is InChI=1S/C11H10N4O3/c12-10(17)8-3-1-7(2-4-8)6-15-11(18)9(16)5-13-14-15/h1-4H,5-6H2,(H2,12,17). The summed E-state index contributed by atoms with van der Waals surface area (Å²) in [6.07, 6.45) is 0. The van der Waals surface area contributed by atoms with Gasteiger partial charge in [0.25, 0.3) is 0 Å². The lowest BCUT2D eigenvalue weighted by atomic mass is 10.1. The number of carbonyl (C=O) groups is 3. The molecule has 2 rings (SSSR count). The third kappa shape index (κ3) is 2.40. The molecule has 0 atom stereocenters. The summed E-state index contributed by atoms with van der Waals surface area (Å²) >= 11 is 0. The highest BCUT2D eigenvalue weighted by molar-refractivity contribution is 6.37. The van der Waals surface area contributed by atoms with Crippen molar-refractivity contribution in [1.29, 1.82) is 0 Å². The van der Waals surface area contributed by atoms with E-state index in [0.717, 1.165) is 10.6 Å². The van der Waals surface area contributed by atoms with Gasteiger partial charge < -0.3 is 5.73 Å². The predicted octanol–water partition coefficient (Wildman–Crippen LogP) is 0.0640. The minimum atomic E-state index is -0.677. The second-order valence-electron chi connectivity index (χ2n) is 3.74. The molecule has 1 aromatic rings. The second-order valence-corrected chi connectivity index (χ2v) is 3.74. The fourth-order valence-corrected chi connectivity index (χ4v) is 1.48. The summed E-state index contributed by atoms with van der Waals surface area (Å²) in [6, 6.07) is 6.38. The molecule has 0 fully saturated rings. The molecule has 0 saturated carbocycles. The molecule has 7 nitrogen and oxygen atoms in total. The van der Waals surface area contributed by atoms with Crippen molar-refractivity contribution in [3.05, 3.63) is 35.4 Å². The smallest absolute Gasteiger partial charge is 0.313 e. The van der Waals surface area contributed by atoms with Gasteiger partial charge in [0.05, 0.1) is 6.54 Å². The molecular formula is C11H10N4O3. The topological polar surface area (TPSA) is 105 Å². The first-order valence-corrected chi connectivity index (χ1v) is 5.19. The summed E-state index contributed by atoms with van der Waals surface area (Å²) in [6.45, 7) is -0.0664. The van der Waals surface area contributed by atoms with Crippen LogP contribution in [0.25, 0.3) is 0 Å². The van der Waals surface area contributed by atoms with Crippen LogP contribution in [0.5, 0.6) is 0 Å². The van der Waals surface area contributed by atoms with Gasteiger partial charge in [-0.15, -0.1) is 0 Å². The number of ketones is 1. The maximum Gasteiger partial charge on any atom is 0.313 e. The Kier molecular flexibility index (Phi) is 3.13. The zero-order chi connectivity index (χ0) is 13.1. The average molecular weight is 246 g/mol. The van der Waals surface area contributed by atoms with E-state index in [4.69, 9.17) is 5.73 Å². The van der Waals surface area contributed by atoms with Gasteiger partial charge in [0, 0.05) is 5.56 Å². The van der Waals surface area contributed by atoms with E-state index in [2.05, 4.69) is 10.3 Å². The molecule has 1 aromatic carbocycles. The van der Waals surface area contributed by atoms with Crippen LogP contribution in [0, 0.1) is 0 Å². The van der Waals surface area contributed by atoms with E-state index in [0.29, 0.717) is 5.56 Å². The summed E-state index contributed by atoms with van der Waals surface area (Å²) < 4.78 is 0. The number of hydrogen-bond acceptors (Lipinski definition) is 5. The molecule has 1 heterocycles. The molecule has 0 unspecified atom stereocenters. The number of amides is 2. The normalized spacial score (nSPS) is 15.0. The zero-order valence-electron chi connectivity index (χ0n) is 9.37. The molecule has 0 aliphatic carbocycles. The SMILES string of the molecule is NC(=O)c1ccc(CN2N=NCC(=O)C2=O)cc1. The quantitative estimate of drug-likeness (QED) is 0.762. The van der Waals surface area contributed by atoms with Crippen LogP contribution in [0.4, 0.5) is 0 Å². The van der Waals surface area contributed by atoms with Crippen molar-refractivity contribution >= 4 is 17.6 Å². The highest BCUT2D eigenvalue weighted by Crippen LogP contribution is 2.10. The summed E-state index contributed by atoms with van der Waals surface area (Å²) in [4.78, 5) is 33.5. The molecule has 92 valence electrons. The Morgan fingerprint density at radius 3 is 2.56 bits per heavy atom. The van der Waals surface area contributed by atoms with Gasteiger partial charge in [0.1, 0.15) is 6.54 Å². The first-order valence-electron chi connectivity index (χ1n) is 5.19. The Morgan fingerprint density at radius 2 is 1.94 bits per heavy atom. The van der Waals surface area contributed by atoms with Gasteiger partial charge in [-0.2, -0.15) is 5.11 Å². The predicted molar refractivity (Wildman–Crippen MR) is 60.2 cm³/mol. The molecule has 0 spiro atoms. The number of nitrogens with zero attached hydrogens (tertiary/aromatic N) is 3. The minimum absolute atomic E-state index is 0.132. The average Bonchev–Trinajstić information content (AvgIpc) is 2.36. The summed E-state index contributed by atoms with van der Waals surface area (Å²) in [5, 5.41) is 8.14. The first-order chi connectivity index (χ1) is 8.58. The third-order valence-corrected chi connectivity index (χ3v) is 2.43. The highest BCUT2D eigenvalue weighted by atomic mass is 16.2. The Morgan fingerprint density at radius 1 is 1.28 bits per heavy atom. The lowest BCUT2D eigenvalue weighted by Gasteiger charge is -2.17. The first kappa shape index (κ1) is 11.9. The van der Waals surface area contributed by atoms with Crippen LogP contribution in [-0.2, 0) is 16.1 Å². The molecule has 1 aliphatic heterocycles. The lowest BCUT2D eigenvalue weighted by molar-refractivity contribution is -0.146. The van der Waals surface area contributed by atoms with Gasteiger partial charge in [-0.25, -0.2) is 5.01 Å². The minimum Gasteiger partial charge on any atom is -0.366 e. The maximum atomic E-state index is 11.5. The van der Waals surface area contributed by atoms with Gasteiger partial charge >= 0.3 is 5.91 Å². The molecule has 18 heavy (non-hydrogen) atoms. The zero-order valence-corrected chi connectivity index (χ0v) is 9.37. The van der Waals surface area contributed by atoms with Crippen molar-refractivity contribution in [3.63, 3.8) is 0 Å². The van der Waals surface area contributed by atoms with E-state index < -0.39 is 17.6 Å². The number of rotatable bonds is 3. The summed E-state index contributed by atoms with van der Waals surface area (Å²) in [7, 11) is 0. The Balaban J connectivity index is 2.12. The Labute approximate surface area is 102 Å².